The molecule has 0 aromatic rings. The zero-order chi connectivity index (χ0) is 7.68. The van der Waals surface area contributed by atoms with Gasteiger partial charge in [-0.25, -0.2) is 0 Å². The zero-order valence-corrected chi connectivity index (χ0v) is 6.70. The van der Waals surface area contributed by atoms with Gasteiger partial charge in [0.25, 0.3) is 0 Å². The summed E-state index contributed by atoms with van der Waals surface area (Å²) in [5.41, 5.74) is 0. The smallest absolute Gasteiger partial charge is 0.0961 e. The van der Waals surface area contributed by atoms with Crippen molar-refractivity contribution < 1.29 is 9.84 Å². The Kier molecular flexibility index (Phi) is 2.11. The molecule has 2 heterocycles. The van der Waals surface area contributed by atoms with Crippen LogP contribution in [0, 0.1) is 0 Å². The molecule has 0 amide bonds. The summed E-state index contributed by atoms with van der Waals surface area (Å²) >= 11 is 0. The minimum Gasteiger partial charge on any atom is -0.394 e. The van der Waals surface area contributed by atoms with Gasteiger partial charge >= 0.3 is 0 Å². The topological polar surface area (TPSA) is 32.7 Å². The van der Waals surface area contributed by atoms with E-state index in [-0.39, 0.29) is 12.7 Å². The van der Waals surface area contributed by atoms with Crippen molar-refractivity contribution in [2.75, 3.05) is 26.3 Å². The molecule has 0 spiro atoms. The minimum atomic E-state index is 0.0891. The number of hydrogen-bond donors (Lipinski definition) is 1. The van der Waals surface area contributed by atoms with E-state index >= 15 is 0 Å². The fourth-order valence-corrected chi connectivity index (χ4v) is 2.16. The monoisotopic (exact) mass is 157 g/mol. The van der Waals surface area contributed by atoms with Crippen molar-refractivity contribution in [3.8, 4) is 0 Å². The summed E-state index contributed by atoms with van der Waals surface area (Å²) in [5.74, 6) is 0. The van der Waals surface area contributed by atoms with Crippen molar-refractivity contribution in [2.24, 2.45) is 0 Å². The predicted octanol–water partition coefficient (Wildman–Crippen LogP) is -0.158. The molecule has 2 aliphatic heterocycles. The van der Waals surface area contributed by atoms with Gasteiger partial charge < -0.3 is 9.84 Å². The average molecular weight is 157 g/mol. The van der Waals surface area contributed by atoms with E-state index in [0.29, 0.717) is 6.04 Å². The van der Waals surface area contributed by atoms with Crippen LogP contribution in [0.3, 0.4) is 0 Å². The molecule has 0 radical (unpaired) electrons. The van der Waals surface area contributed by atoms with E-state index in [1.54, 1.807) is 0 Å². The lowest BCUT2D eigenvalue weighted by molar-refractivity contribution is -0.0774. The van der Waals surface area contributed by atoms with Gasteiger partial charge in [0.2, 0.25) is 0 Å². The van der Waals surface area contributed by atoms with Crippen molar-refractivity contribution in [3.63, 3.8) is 0 Å². The Labute approximate surface area is 66.9 Å². The molecule has 3 nitrogen and oxygen atoms in total. The van der Waals surface area contributed by atoms with Crippen LogP contribution in [0.4, 0.5) is 0 Å². The molecule has 3 heteroatoms. The molecule has 0 aromatic carbocycles. The minimum absolute atomic E-state index is 0.0891. The SMILES string of the molecule is OCC1OCCN2CCC[C@@H]12. The van der Waals surface area contributed by atoms with Crippen molar-refractivity contribution in [1.29, 1.82) is 0 Å². The summed E-state index contributed by atoms with van der Waals surface area (Å²) in [7, 11) is 0. The first-order chi connectivity index (χ1) is 5.42. The Balaban J connectivity index is 2.00. The summed E-state index contributed by atoms with van der Waals surface area (Å²) in [6.45, 7) is 3.23. The molecule has 0 bridgehead atoms. The summed E-state index contributed by atoms with van der Waals surface area (Å²) in [6, 6.07) is 0.508. The molecule has 1 N–H and O–H groups in total. The van der Waals surface area contributed by atoms with E-state index in [1.807, 2.05) is 0 Å². The molecular weight excluding hydrogens is 142 g/mol. The van der Waals surface area contributed by atoms with Crippen molar-refractivity contribution in [3.05, 3.63) is 0 Å². The third-order valence-electron chi connectivity index (χ3n) is 2.73. The predicted molar refractivity (Wildman–Crippen MR) is 41.4 cm³/mol. The molecule has 2 fully saturated rings. The molecule has 0 saturated carbocycles. The Morgan fingerprint density at radius 1 is 1.45 bits per heavy atom. The van der Waals surface area contributed by atoms with E-state index < -0.39 is 0 Å². The second-order valence-corrected chi connectivity index (χ2v) is 3.34. The van der Waals surface area contributed by atoms with Gasteiger partial charge in [0.05, 0.1) is 19.3 Å². The lowest BCUT2D eigenvalue weighted by Crippen LogP contribution is -2.49. The highest BCUT2D eigenvalue weighted by molar-refractivity contribution is 4.88. The Hall–Kier alpha value is -0.120. The van der Waals surface area contributed by atoms with Gasteiger partial charge in [0.1, 0.15) is 0 Å². The van der Waals surface area contributed by atoms with Crippen LogP contribution in [0.25, 0.3) is 0 Å². The van der Waals surface area contributed by atoms with E-state index in [2.05, 4.69) is 4.90 Å². The number of aliphatic hydroxyl groups excluding tert-OH is 1. The number of nitrogens with zero attached hydrogens (tertiary/aromatic N) is 1. The van der Waals surface area contributed by atoms with Gasteiger partial charge in [0, 0.05) is 12.6 Å². The fourth-order valence-electron chi connectivity index (χ4n) is 2.16. The van der Waals surface area contributed by atoms with Gasteiger partial charge in [-0.1, -0.05) is 0 Å². The fraction of sp³-hybridized carbons (Fsp3) is 1.00. The molecule has 64 valence electrons. The quantitative estimate of drug-likeness (QED) is 0.574. The summed E-state index contributed by atoms with van der Waals surface area (Å²) in [6.07, 6.45) is 2.56. The highest BCUT2D eigenvalue weighted by Crippen LogP contribution is 2.24. The standard InChI is InChI=1S/C8H15NO2/c10-6-8-7-2-1-3-9(7)4-5-11-8/h7-8,10H,1-6H2/t7-,8?/m0/s1. The van der Waals surface area contributed by atoms with Crippen LogP contribution in [0.1, 0.15) is 12.8 Å². The second-order valence-electron chi connectivity index (χ2n) is 3.34. The van der Waals surface area contributed by atoms with Gasteiger partial charge in [0.15, 0.2) is 0 Å². The summed E-state index contributed by atoms with van der Waals surface area (Å²) < 4.78 is 5.45. The maximum atomic E-state index is 8.99. The Morgan fingerprint density at radius 2 is 2.36 bits per heavy atom. The molecule has 2 aliphatic rings. The first-order valence-corrected chi connectivity index (χ1v) is 4.38. The van der Waals surface area contributed by atoms with Crippen LogP contribution in [0.5, 0.6) is 0 Å². The van der Waals surface area contributed by atoms with E-state index in [1.165, 1.54) is 19.4 Å². The van der Waals surface area contributed by atoms with Crippen molar-refractivity contribution in [1.82, 2.24) is 4.90 Å². The molecule has 2 atom stereocenters. The molecule has 0 aromatic heterocycles. The Bertz CT molecular complexity index is 140. The van der Waals surface area contributed by atoms with Crippen LogP contribution in [0.2, 0.25) is 0 Å². The van der Waals surface area contributed by atoms with Gasteiger partial charge in [-0.15, -0.1) is 0 Å². The molecular formula is C8H15NO2. The van der Waals surface area contributed by atoms with Crippen LogP contribution in [0.15, 0.2) is 0 Å². The lowest BCUT2D eigenvalue weighted by Gasteiger charge is -2.35. The maximum Gasteiger partial charge on any atom is 0.0961 e. The van der Waals surface area contributed by atoms with Gasteiger partial charge in [-0.2, -0.15) is 0 Å². The highest BCUT2D eigenvalue weighted by Gasteiger charge is 2.34. The molecule has 0 aliphatic carbocycles. The van der Waals surface area contributed by atoms with E-state index in [4.69, 9.17) is 9.84 Å². The number of fused-ring (bicyclic) bond motifs is 1. The third-order valence-corrected chi connectivity index (χ3v) is 2.73. The largest absolute Gasteiger partial charge is 0.394 e. The lowest BCUT2D eigenvalue weighted by atomic mass is 10.1. The van der Waals surface area contributed by atoms with Gasteiger partial charge in [-0.3, -0.25) is 4.90 Å². The van der Waals surface area contributed by atoms with E-state index in [9.17, 15) is 0 Å². The zero-order valence-electron chi connectivity index (χ0n) is 6.70. The molecule has 11 heavy (non-hydrogen) atoms. The van der Waals surface area contributed by atoms with Crippen LogP contribution in [-0.2, 0) is 4.74 Å². The number of aliphatic hydroxyl groups is 1. The van der Waals surface area contributed by atoms with Crippen LogP contribution >= 0.6 is 0 Å². The first-order valence-electron chi connectivity index (χ1n) is 4.38. The van der Waals surface area contributed by atoms with E-state index in [0.717, 1.165) is 13.2 Å². The highest BCUT2D eigenvalue weighted by atomic mass is 16.5. The normalized spacial score (nSPS) is 39.0. The Morgan fingerprint density at radius 3 is 3.18 bits per heavy atom. The van der Waals surface area contributed by atoms with Crippen LogP contribution in [-0.4, -0.2) is 48.5 Å². The molecule has 1 unspecified atom stereocenters. The first kappa shape index (κ1) is 7.53. The summed E-state index contributed by atoms with van der Waals surface area (Å²) in [5, 5.41) is 8.99. The average Bonchev–Trinajstić information content (AvgIpc) is 2.50. The second kappa shape index (κ2) is 3.09. The number of morpholine rings is 1. The number of rotatable bonds is 1. The maximum absolute atomic E-state index is 8.99. The number of ether oxygens (including phenoxy) is 1. The molecule has 2 saturated heterocycles. The van der Waals surface area contributed by atoms with Crippen molar-refractivity contribution in [2.45, 2.75) is 25.0 Å². The number of hydrogen-bond acceptors (Lipinski definition) is 3. The van der Waals surface area contributed by atoms with Crippen LogP contribution < -0.4 is 0 Å². The molecule has 2 rings (SSSR count). The van der Waals surface area contributed by atoms with Crippen molar-refractivity contribution >= 4 is 0 Å². The third kappa shape index (κ3) is 1.28. The van der Waals surface area contributed by atoms with Gasteiger partial charge in [-0.05, 0) is 19.4 Å². The summed E-state index contributed by atoms with van der Waals surface area (Å²) in [4.78, 5) is 2.43.